The second-order valence-electron chi connectivity index (χ2n) is 10.9. The van der Waals surface area contributed by atoms with Crippen LogP contribution < -0.4 is 10.3 Å². The van der Waals surface area contributed by atoms with Crippen LogP contribution in [-0.2, 0) is 18.3 Å². The van der Waals surface area contributed by atoms with Crippen LogP contribution in [0.15, 0.2) is 23.0 Å². The number of aromatic hydroxyl groups is 2. The molecular weight excluding hydrogens is 436 g/mol. The summed E-state index contributed by atoms with van der Waals surface area (Å²) in [6.07, 6.45) is 4.05. The van der Waals surface area contributed by atoms with Crippen LogP contribution in [0.4, 0.5) is 0 Å². The van der Waals surface area contributed by atoms with Gasteiger partial charge in [0.15, 0.2) is 11.5 Å². The number of piperidine rings is 1. The zero-order chi connectivity index (χ0) is 23.0. The summed E-state index contributed by atoms with van der Waals surface area (Å²) in [5, 5.41) is 37.4. The fourth-order valence-corrected chi connectivity index (χ4v) is 7.78. The highest BCUT2D eigenvalue weighted by Gasteiger charge is 2.70. The van der Waals surface area contributed by atoms with Gasteiger partial charge < -0.3 is 25.0 Å². The lowest BCUT2D eigenvalue weighted by atomic mass is 9.45. The van der Waals surface area contributed by atoms with Gasteiger partial charge in [-0.1, -0.05) is 6.07 Å². The zero-order valence-electron chi connectivity index (χ0n) is 18.6. The van der Waals surface area contributed by atoms with Crippen molar-refractivity contribution in [3.8, 4) is 17.4 Å². The molecule has 9 nitrogen and oxygen atoms in total. The Hall–Kier alpha value is -3.04. The van der Waals surface area contributed by atoms with Gasteiger partial charge in [0.05, 0.1) is 12.2 Å². The first kappa shape index (κ1) is 19.3. The average Bonchev–Trinajstić information content (AvgIpc) is 3.54. The van der Waals surface area contributed by atoms with Crippen molar-refractivity contribution in [2.24, 2.45) is 5.92 Å². The number of rotatable bonds is 2. The van der Waals surface area contributed by atoms with Gasteiger partial charge >= 0.3 is 0 Å². The fraction of sp³-hybridized carbons (Fsp3) is 0.520. The predicted octanol–water partition coefficient (Wildman–Crippen LogP) is 1.18. The standard InChI is InChI=1S/C25H26N4O5/c30-16-4-3-13-7-17-25(33)9-14-21(26-18-8-19(31)27-29(18)23(14)32)15-11-34-22(16)20(13)24(15,25)5-6-28(17)10-12-1-2-12/h3-4,8,12,15,17,26,30,33H,1-2,5-7,9-11H2,(H,27,31)/t15?,17-,24-,25-/m1/s1. The first-order valence-electron chi connectivity index (χ1n) is 12.2. The molecule has 1 unspecified atom stereocenters. The normalized spacial score (nSPS) is 33.3. The van der Waals surface area contributed by atoms with Crippen molar-refractivity contribution in [1.29, 1.82) is 0 Å². The Kier molecular flexibility index (Phi) is 3.38. The molecule has 1 aromatic carbocycles. The van der Waals surface area contributed by atoms with E-state index in [1.807, 2.05) is 6.07 Å². The summed E-state index contributed by atoms with van der Waals surface area (Å²) in [4.78, 5) is 19.3. The van der Waals surface area contributed by atoms with Gasteiger partial charge in [0.2, 0.25) is 5.88 Å². The maximum Gasteiger partial charge on any atom is 0.277 e. The Balaban J connectivity index is 1.43. The first-order valence-corrected chi connectivity index (χ1v) is 12.2. The van der Waals surface area contributed by atoms with Gasteiger partial charge in [0, 0.05) is 53.2 Å². The topological polar surface area (TPSA) is 123 Å². The minimum absolute atomic E-state index is 0.100. The van der Waals surface area contributed by atoms with E-state index in [1.165, 1.54) is 23.4 Å². The van der Waals surface area contributed by atoms with Crippen LogP contribution in [0.1, 0.15) is 47.6 Å². The zero-order valence-corrected chi connectivity index (χ0v) is 18.6. The van der Waals surface area contributed by atoms with Crippen molar-refractivity contribution >= 4 is 5.65 Å². The molecule has 5 aliphatic rings. The number of aliphatic hydroxyl groups is 1. The number of phenolic OH excluding ortho intramolecular Hbond substituents is 1. The SMILES string of the molecule is O=c1c2c([nH]c3cc(O)nn13)C1COc3c(O)ccc4c3[C@@]13CCN(CC1CC1)[C@H](C4)[C@]3(O)C2. The predicted molar refractivity (Wildman–Crippen MR) is 121 cm³/mol. The van der Waals surface area contributed by atoms with Crippen molar-refractivity contribution in [3.05, 3.63) is 50.9 Å². The number of fused-ring (bicyclic) bond motifs is 3. The van der Waals surface area contributed by atoms with E-state index in [2.05, 4.69) is 15.0 Å². The maximum atomic E-state index is 13.5. The molecule has 3 aliphatic carbocycles. The van der Waals surface area contributed by atoms with E-state index in [0.717, 1.165) is 36.3 Å². The Bertz CT molecular complexity index is 1460. The molecule has 8 rings (SSSR count). The van der Waals surface area contributed by atoms with Gasteiger partial charge in [-0.25, -0.2) is 0 Å². The molecule has 2 fully saturated rings. The van der Waals surface area contributed by atoms with Crippen LogP contribution in [-0.4, -0.2) is 66.2 Å². The summed E-state index contributed by atoms with van der Waals surface area (Å²) in [5.41, 5.74) is 1.53. The Morgan fingerprint density at radius 3 is 2.94 bits per heavy atom. The number of likely N-dealkylation sites (tertiary alicyclic amines) is 1. The van der Waals surface area contributed by atoms with Crippen LogP contribution in [0.3, 0.4) is 0 Å². The van der Waals surface area contributed by atoms with E-state index in [1.54, 1.807) is 6.07 Å². The minimum atomic E-state index is -1.19. The van der Waals surface area contributed by atoms with Gasteiger partial charge in [-0.2, -0.15) is 4.52 Å². The molecule has 2 aliphatic heterocycles. The van der Waals surface area contributed by atoms with Gasteiger partial charge in [0.25, 0.3) is 5.56 Å². The van der Waals surface area contributed by atoms with Crippen LogP contribution >= 0.6 is 0 Å². The monoisotopic (exact) mass is 462 g/mol. The average molecular weight is 463 g/mol. The molecule has 1 spiro atoms. The number of H-pyrrole nitrogens is 1. The molecule has 0 amide bonds. The van der Waals surface area contributed by atoms with E-state index in [-0.39, 0.29) is 42.2 Å². The molecule has 176 valence electrons. The van der Waals surface area contributed by atoms with Crippen molar-refractivity contribution in [2.45, 2.75) is 55.1 Å². The van der Waals surface area contributed by atoms with E-state index >= 15 is 0 Å². The van der Waals surface area contributed by atoms with Gasteiger partial charge in [-0.3, -0.25) is 9.69 Å². The Morgan fingerprint density at radius 1 is 1.26 bits per heavy atom. The van der Waals surface area contributed by atoms with E-state index < -0.39 is 11.0 Å². The summed E-state index contributed by atoms with van der Waals surface area (Å²) in [5.74, 6) is 0.760. The van der Waals surface area contributed by atoms with E-state index in [9.17, 15) is 20.1 Å². The highest BCUT2D eigenvalue weighted by molar-refractivity contribution is 5.63. The molecule has 0 radical (unpaired) electrons. The lowest BCUT2D eigenvalue weighted by molar-refractivity contribution is -0.170. The number of phenols is 1. The highest BCUT2D eigenvalue weighted by atomic mass is 16.5. The molecule has 4 heterocycles. The second kappa shape index (κ2) is 5.95. The van der Waals surface area contributed by atoms with Gasteiger partial charge in [-0.15, -0.1) is 5.10 Å². The lowest BCUT2D eigenvalue weighted by Crippen LogP contribution is -2.76. The smallest absolute Gasteiger partial charge is 0.277 e. The lowest BCUT2D eigenvalue weighted by Gasteiger charge is -2.67. The third-order valence-electron chi connectivity index (χ3n) is 9.35. The number of nitrogens with zero attached hydrogens (tertiary/aromatic N) is 3. The Labute approximate surface area is 194 Å². The van der Waals surface area contributed by atoms with Gasteiger partial charge in [0.1, 0.15) is 5.65 Å². The van der Waals surface area contributed by atoms with Gasteiger partial charge in [-0.05, 0) is 49.8 Å². The third kappa shape index (κ3) is 2.09. The number of ether oxygens (including phenoxy) is 1. The summed E-state index contributed by atoms with van der Waals surface area (Å²) < 4.78 is 7.35. The summed E-state index contributed by atoms with van der Waals surface area (Å²) in [7, 11) is 0. The molecule has 1 saturated carbocycles. The molecular formula is C25H26N4O5. The number of aromatic amines is 1. The third-order valence-corrected chi connectivity index (χ3v) is 9.35. The quantitative estimate of drug-likeness (QED) is 0.451. The number of aromatic nitrogens is 3. The van der Waals surface area contributed by atoms with E-state index in [0.29, 0.717) is 29.3 Å². The summed E-state index contributed by atoms with van der Waals surface area (Å²) in [6, 6.07) is 5.00. The number of nitrogens with one attached hydrogen (secondary N) is 1. The second-order valence-corrected chi connectivity index (χ2v) is 10.9. The molecule has 3 aromatic rings. The molecule has 9 heteroatoms. The largest absolute Gasteiger partial charge is 0.504 e. The number of hydrogen-bond acceptors (Lipinski definition) is 7. The van der Waals surface area contributed by atoms with Crippen LogP contribution in [0.25, 0.3) is 5.65 Å². The van der Waals surface area contributed by atoms with Crippen LogP contribution in [0, 0.1) is 5.92 Å². The minimum Gasteiger partial charge on any atom is -0.504 e. The molecule has 4 atom stereocenters. The van der Waals surface area contributed by atoms with E-state index in [4.69, 9.17) is 4.74 Å². The van der Waals surface area contributed by atoms with Crippen LogP contribution in [0.2, 0.25) is 0 Å². The van der Waals surface area contributed by atoms with Crippen molar-refractivity contribution in [3.63, 3.8) is 0 Å². The highest BCUT2D eigenvalue weighted by Crippen LogP contribution is 2.66. The molecule has 4 N–H and O–H groups in total. The number of hydrogen-bond donors (Lipinski definition) is 4. The maximum absolute atomic E-state index is 13.5. The van der Waals surface area contributed by atoms with Crippen molar-refractivity contribution in [1.82, 2.24) is 19.5 Å². The molecule has 2 aromatic heterocycles. The molecule has 1 saturated heterocycles. The van der Waals surface area contributed by atoms with Crippen LogP contribution in [0.5, 0.6) is 17.4 Å². The summed E-state index contributed by atoms with van der Waals surface area (Å²) in [6.45, 7) is 2.09. The van der Waals surface area contributed by atoms with Crippen molar-refractivity contribution in [2.75, 3.05) is 19.7 Å². The number of benzene rings is 1. The van der Waals surface area contributed by atoms with Crippen molar-refractivity contribution < 1.29 is 20.1 Å². The molecule has 2 bridgehead atoms. The summed E-state index contributed by atoms with van der Waals surface area (Å²) >= 11 is 0. The Morgan fingerprint density at radius 2 is 2.12 bits per heavy atom. The molecule has 34 heavy (non-hydrogen) atoms. The first-order chi connectivity index (χ1) is 16.4. The fourth-order valence-electron chi connectivity index (χ4n) is 7.78.